The van der Waals surface area contributed by atoms with Crippen LogP contribution in [0.3, 0.4) is 0 Å². The number of hydrogen-bond acceptors (Lipinski definition) is 5. The maximum Gasteiger partial charge on any atom is 0.339 e. The van der Waals surface area contributed by atoms with Gasteiger partial charge in [0.2, 0.25) is 0 Å². The molecule has 124 valence electrons. The molecule has 1 aromatic carbocycles. The SMILES string of the molecule is CCOC(=O)C1=C2NC(c3ccccc3Cl)CC(C)(C)N2NC1. The van der Waals surface area contributed by atoms with E-state index in [0.29, 0.717) is 18.7 Å². The van der Waals surface area contributed by atoms with Crippen molar-refractivity contribution in [2.24, 2.45) is 0 Å². The Morgan fingerprint density at radius 3 is 2.87 bits per heavy atom. The minimum atomic E-state index is -0.277. The van der Waals surface area contributed by atoms with E-state index in [-0.39, 0.29) is 17.6 Å². The van der Waals surface area contributed by atoms with Gasteiger partial charge in [0.05, 0.1) is 30.3 Å². The molecule has 1 aromatic rings. The van der Waals surface area contributed by atoms with Crippen molar-refractivity contribution in [3.05, 3.63) is 46.2 Å². The molecule has 0 amide bonds. The number of carbonyl (C=O) groups is 1. The van der Waals surface area contributed by atoms with Crippen LogP contribution >= 0.6 is 11.6 Å². The van der Waals surface area contributed by atoms with Crippen LogP contribution in [0.1, 0.15) is 38.8 Å². The van der Waals surface area contributed by atoms with E-state index in [1.54, 1.807) is 0 Å². The Hall–Kier alpha value is -1.72. The van der Waals surface area contributed by atoms with E-state index >= 15 is 0 Å². The summed E-state index contributed by atoms with van der Waals surface area (Å²) in [6, 6.07) is 7.88. The number of halogens is 1. The molecule has 0 saturated carbocycles. The van der Waals surface area contributed by atoms with Gasteiger partial charge >= 0.3 is 5.97 Å². The molecule has 2 N–H and O–H groups in total. The highest BCUT2D eigenvalue weighted by Crippen LogP contribution is 2.39. The van der Waals surface area contributed by atoms with Crippen molar-refractivity contribution in [2.75, 3.05) is 13.2 Å². The molecule has 1 fully saturated rings. The molecule has 2 aliphatic heterocycles. The highest BCUT2D eigenvalue weighted by Gasteiger charge is 2.43. The van der Waals surface area contributed by atoms with Gasteiger partial charge in [0.25, 0.3) is 0 Å². The summed E-state index contributed by atoms with van der Waals surface area (Å²) in [5, 5.41) is 6.24. The molecule has 0 radical (unpaired) electrons. The highest BCUT2D eigenvalue weighted by molar-refractivity contribution is 6.31. The predicted molar refractivity (Wildman–Crippen MR) is 89.5 cm³/mol. The van der Waals surface area contributed by atoms with Crippen LogP contribution in [0.2, 0.25) is 5.02 Å². The lowest BCUT2D eigenvalue weighted by molar-refractivity contribution is -0.138. The summed E-state index contributed by atoms with van der Waals surface area (Å²) in [7, 11) is 0. The number of rotatable bonds is 3. The summed E-state index contributed by atoms with van der Waals surface area (Å²) < 4.78 is 5.18. The summed E-state index contributed by atoms with van der Waals surface area (Å²) in [6.45, 7) is 6.96. The molecule has 2 heterocycles. The number of fused-ring (bicyclic) bond motifs is 1. The van der Waals surface area contributed by atoms with Crippen molar-refractivity contribution in [3.63, 3.8) is 0 Å². The quantitative estimate of drug-likeness (QED) is 0.832. The van der Waals surface area contributed by atoms with Gasteiger partial charge in [-0.05, 0) is 38.8 Å². The summed E-state index contributed by atoms with van der Waals surface area (Å²) in [4.78, 5) is 12.2. The summed E-state index contributed by atoms with van der Waals surface area (Å²) in [5.74, 6) is 0.519. The lowest BCUT2D eigenvalue weighted by atomic mass is 9.88. The number of benzene rings is 1. The molecule has 0 bridgehead atoms. The van der Waals surface area contributed by atoms with Crippen LogP contribution < -0.4 is 10.7 Å². The van der Waals surface area contributed by atoms with Gasteiger partial charge in [-0.1, -0.05) is 29.8 Å². The van der Waals surface area contributed by atoms with Gasteiger partial charge in [0.1, 0.15) is 5.82 Å². The molecule has 6 heteroatoms. The van der Waals surface area contributed by atoms with E-state index in [0.717, 1.165) is 22.8 Å². The van der Waals surface area contributed by atoms with Gasteiger partial charge in [-0.15, -0.1) is 0 Å². The van der Waals surface area contributed by atoms with Gasteiger partial charge < -0.3 is 10.1 Å². The van der Waals surface area contributed by atoms with Gasteiger partial charge in [0.15, 0.2) is 0 Å². The van der Waals surface area contributed by atoms with Crippen molar-refractivity contribution in [2.45, 2.75) is 38.8 Å². The van der Waals surface area contributed by atoms with Gasteiger partial charge in [0, 0.05) is 5.02 Å². The van der Waals surface area contributed by atoms with Crippen LogP contribution in [0, 0.1) is 0 Å². The minimum Gasteiger partial charge on any atom is -0.462 e. The minimum absolute atomic E-state index is 0.0503. The Morgan fingerprint density at radius 1 is 1.43 bits per heavy atom. The second-order valence-corrected chi connectivity index (χ2v) is 6.86. The first kappa shape index (κ1) is 16.1. The third-order valence-corrected chi connectivity index (χ3v) is 4.69. The van der Waals surface area contributed by atoms with E-state index in [1.165, 1.54) is 0 Å². The highest BCUT2D eigenvalue weighted by atomic mass is 35.5. The molecular formula is C17H22ClN3O2. The predicted octanol–water partition coefficient (Wildman–Crippen LogP) is 2.75. The van der Waals surface area contributed by atoms with Crippen molar-refractivity contribution < 1.29 is 9.53 Å². The van der Waals surface area contributed by atoms with E-state index in [2.05, 4.69) is 24.6 Å². The standard InChI is InChI=1S/C17H22ClN3O2/c1-4-23-16(22)12-10-19-21-15(12)20-14(9-17(21,2)3)11-7-5-6-8-13(11)18/h5-8,14,19-20H,4,9-10H2,1-3H3. The van der Waals surface area contributed by atoms with E-state index in [1.807, 2.05) is 36.2 Å². The van der Waals surface area contributed by atoms with Crippen molar-refractivity contribution in [3.8, 4) is 0 Å². The normalized spacial score (nSPS) is 22.6. The lowest BCUT2D eigenvalue weighted by Crippen LogP contribution is -2.56. The Morgan fingerprint density at radius 2 is 2.17 bits per heavy atom. The fourth-order valence-electron chi connectivity index (χ4n) is 3.26. The number of ether oxygens (including phenoxy) is 1. The Labute approximate surface area is 141 Å². The van der Waals surface area contributed by atoms with Crippen LogP contribution in [0.15, 0.2) is 35.7 Å². The smallest absolute Gasteiger partial charge is 0.339 e. The van der Waals surface area contributed by atoms with Gasteiger partial charge in [-0.3, -0.25) is 5.01 Å². The van der Waals surface area contributed by atoms with Gasteiger partial charge in [-0.2, -0.15) is 0 Å². The topological polar surface area (TPSA) is 53.6 Å². The molecule has 1 unspecified atom stereocenters. The summed E-state index contributed by atoms with van der Waals surface area (Å²) in [5.41, 5.74) is 4.82. The van der Waals surface area contributed by atoms with Gasteiger partial charge in [-0.25, -0.2) is 10.2 Å². The number of hydrogen-bond donors (Lipinski definition) is 2. The van der Waals surface area contributed by atoms with Crippen molar-refractivity contribution >= 4 is 17.6 Å². The zero-order chi connectivity index (χ0) is 16.6. The van der Waals surface area contributed by atoms with Crippen LogP contribution in [0.5, 0.6) is 0 Å². The van der Waals surface area contributed by atoms with Crippen molar-refractivity contribution in [1.29, 1.82) is 0 Å². The van der Waals surface area contributed by atoms with E-state index < -0.39 is 0 Å². The third-order valence-electron chi connectivity index (χ3n) is 4.35. The third kappa shape index (κ3) is 2.91. The maximum atomic E-state index is 12.2. The number of nitrogens with zero attached hydrogens (tertiary/aromatic N) is 1. The molecule has 0 spiro atoms. The summed E-state index contributed by atoms with van der Waals surface area (Å²) in [6.07, 6.45) is 0.864. The zero-order valence-electron chi connectivity index (χ0n) is 13.6. The van der Waals surface area contributed by atoms with Crippen LogP contribution in [0.4, 0.5) is 0 Å². The monoisotopic (exact) mass is 335 g/mol. The Kier molecular flexibility index (Phi) is 4.25. The number of hydrazine groups is 1. The van der Waals surface area contributed by atoms with Crippen LogP contribution in [-0.2, 0) is 9.53 Å². The zero-order valence-corrected chi connectivity index (χ0v) is 14.4. The van der Waals surface area contributed by atoms with E-state index in [9.17, 15) is 4.79 Å². The molecule has 2 aliphatic rings. The molecule has 23 heavy (non-hydrogen) atoms. The first-order valence-electron chi connectivity index (χ1n) is 7.89. The first-order chi connectivity index (χ1) is 10.9. The molecule has 0 aromatic heterocycles. The average molecular weight is 336 g/mol. The second kappa shape index (κ2) is 6.06. The first-order valence-corrected chi connectivity index (χ1v) is 8.27. The van der Waals surface area contributed by atoms with Crippen LogP contribution in [0.25, 0.3) is 0 Å². The fourth-order valence-corrected chi connectivity index (χ4v) is 3.53. The second-order valence-electron chi connectivity index (χ2n) is 6.45. The maximum absolute atomic E-state index is 12.2. The number of carbonyl (C=O) groups excluding carboxylic acids is 1. The molecule has 1 atom stereocenters. The molecule has 1 saturated heterocycles. The molecule has 5 nitrogen and oxygen atoms in total. The number of esters is 1. The van der Waals surface area contributed by atoms with Crippen LogP contribution in [-0.4, -0.2) is 29.7 Å². The molecular weight excluding hydrogens is 314 g/mol. The Balaban J connectivity index is 1.97. The van der Waals surface area contributed by atoms with E-state index in [4.69, 9.17) is 16.3 Å². The fraction of sp³-hybridized carbons (Fsp3) is 0.471. The molecule has 3 rings (SSSR count). The van der Waals surface area contributed by atoms with Crippen molar-refractivity contribution in [1.82, 2.24) is 15.8 Å². The Bertz CT molecular complexity index is 657. The molecule has 0 aliphatic carbocycles. The summed E-state index contributed by atoms with van der Waals surface area (Å²) >= 11 is 6.37. The number of nitrogens with one attached hydrogen (secondary N) is 2. The lowest BCUT2D eigenvalue weighted by Gasteiger charge is -2.46. The largest absolute Gasteiger partial charge is 0.462 e. The average Bonchev–Trinajstić information content (AvgIpc) is 2.92.